The minimum Gasteiger partial charge on any atom is -0.256 e. The summed E-state index contributed by atoms with van der Waals surface area (Å²) in [6.45, 7) is 2.10. The molecule has 0 aliphatic carbocycles. The van der Waals surface area contributed by atoms with Gasteiger partial charge in [-0.25, -0.2) is 0 Å². The maximum atomic E-state index is 4.62. The van der Waals surface area contributed by atoms with Crippen molar-refractivity contribution in [2.24, 2.45) is 0 Å². The first-order valence-corrected chi connectivity index (χ1v) is 8.30. The third-order valence-corrected chi connectivity index (χ3v) is 4.74. The number of hydrogen-bond acceptors (Lipinski definition) is 3. The molecule has 0 fully saturated rings. The zero-order valence-corrected chi connectivity index (χ0v) is 13.8. The SMILES string of the molecule is Cc1ccc(-c2ccnc3c2ccc2cccnc23)c2cccnc12. The summed E-state index contributed by atoms with van der Waals surface area (Å²) in [5.41, 5.74) is 6.45. The van der Waals surface area contributed by atoms with Gasteiger partial charge in [-0.3, -0.25) is 15.0 Å². The number of aromatic nitrogens is 3. The third kappa shape index (κ3) is 2.09. The van der Waals surface area contributed by atoms with Gasteiger partial charge in [0.25, 0.3) is 0 Å². The lowest BCUT2D eigenvalue weighted by atomic mass is 9.95. The molecular formula is C22H15N3. The summed E-state index contributed by atoms with van der Waals surface area (Å²) in [6.07, 6.45) is 5.54. The highest BCUT2D eigenvalue weighted by atomic mass is 14.7. The van der Waals surface area contributed by atoms with Crippen molar-refractivity contribution in [3.05, 3.63) is 78.8 Å². The molecule has 0 spiro atoms. The van der Waals surface area contributed by atoms with E-state index < -0.39 is 0 Å². The number of hydrogen-bond donors (Lipinski definition) is 0. The van der Waals surface area contributed by atoms with Crippen LogP contribution < -0.4 is 0 Å². The Morgan fingerprint density at radius 3 is 2.20 bits per heavy atom. The second-order valence-corrected chi connectivity index (χ2v) is 6.22. The number of nitrogens with zero attached hydrogens (tertiary/aromatic N) is 3. The molecule has 5 rings (SSSR count). The quantitative estimate of drug-likeness (QED) is 0.393. The van der Waals surface area contributed by atoms with E-state index in [1.165, 1.54) is 11.1 Å². The highest BCUT2D eigenvalue weighted by molar-refractivity contribution is 6.11. The molecule has 0 unspecified atom stereocenters. The van der Waals surface area contributed by atoms with E-state index in [0.717, 1.165) is 38.3 Å². The Hall–Kier alpha value is -3.33. The van der Waals surface area contributed by atoms with Crippen LogP contribution in [0.3, 0.4) is 0 Å². The molecule has 5 aromatic rings. The zero-order chi connectivity index (χ0) is 16.8. The minimum atomic E-state index is 0.938. The Morgan fingerprint density at radius 1 is 0.560 bits per heavy atom. The first kappa shape index (κ1) is 14.1. The van der Waals surface area contributed by atoms with Gasteiger partial charge in [0.1, 0.15) is 0 Å². The molecule has 0 atom stereocenters. The Balaban J connectivity index is 1.91. The molecule has 118 valence electrons. The largest absolute Gasteiger partial charge is 0.256 e. The maximum absolute atomic E-state index is 4.62. The van der Waals surface area contributed by atoms with Gasteiger partial charge < -0.3 is 0 Å². The predicted molar refractivity (Wildman–Crippen MR) is 103 cm³/mol. The van der Waals surface area contributed by atoms with E-state index in [2.05, 4.69) is 64.3 Å². The fourth-order valence-corrected chi connectivity index (χ4v) is 3.54. The monoisotopic (exact) mass is 321 g/mol. The average Bonchev–Trinajstić information content (AvgIpc) is 2.68. The van der Waals surface area contributed by atoms with Crippen LogP contribution in [0.5, 0.6) is 0 Å². The van der Waals surface area contributed by atoms with Gasteiger partial charge in [-0.2, -0.15) is 0 Å². The van der Waals surface area contributed by atoms with Gasteiger partial charge >= 0.3 is 0 Å². The van der Waals surface area contributed by atoms with Crippen LogP contribution in [-0.2, 0) is 0 Å². The fraction of sp³-hybridized carbons (Fsp3) is 0.0455. The van der Waals surface area contributed by atoms with Crippen molar-refractivity contribution in [1.82, 2.24) is 15.0 Å². The molecule has 0 saturated carbocycles. The van der Waals surface area contributed by atoms with E-state index in [9.17, 15) is 0 Å². The van der Waals surface area contributed by atoms with Crippen LogP contribution in [-0.4, -0.2) is 15.0 Å². The van der Waals surface area contributed by atoms with E-state index in [1.807, 2.05) is 30.7 Å². The van der Waals surface area contributed by atoms with E-state index in [-0.39, 0.29) is 0 Å². The van der Waals surface area contributed by atoms with Gasteiger partial charge in [0.15, 0.2) is 0 Å². The van der Waals surface area contributed by atoms with E-state index >= 15 is 0 Å². The van der Waals surface area contributed by atoms with Crippen molar-refractivity contribution >= 4 is 32.7 Å². The van der Waals surface area contributed by atoms with E-state index in [0.29, 0.717) is 0 Å². The van der Waals surface area contributed by atoms with Crippen molar-refractivity contribution in [3.8, 4) is 11.1 Å². The summed E-state index contributed by atoms with van der Waals surface area (Å²) in [6, 6.07) is 18.8. The van der Waals surface area contributed by atoms with Crippen LogP contribution >= 0.6 is 0 Å². The molecular weight excluding hydrogens is 306 g/mol. The van der Waals surface area contributed by atoms with Crippen molar-refractivity contribution in [2.45, 2.75) is 6.92 Å². The number of fused-ring (bicyclic) bond motifs is 4. The number of rotatable bonds is 1. The van der Waals surface area contributed by atoms with Crippen molar-refractivity contribution in [1.29, 1.82) is 0 Å². The van der Waals surface area contributed by atoms with Crippen LogP contribution in [0.25, 0.3) is 43.8 Å². The van der Waals surface area contributed by atoms with E-state index in [4.69, 9.17) is 0 Å². The molecule has 3 heterocycles. The molecule has 0 radical (unpaired) electrons. The van der Waals surface area contributed by atoms with E-state index in [1.54, 1.807) is 0 Å². The summed E-state index contributed by atoms with van der Waals surface area (Å²) in [7, 11) is 0. The van der Waals surface area contributed by atoms with Crippen molar-refractivity contribution in [3.63, 3.8) is 0 Å². The molecule has 0 aliphatic rings. The van der Waals surface area contributed by atoms with Crippen LogP contribution in [0.4, 0.5) is 0 Å². The van der Waals surface area contributed by atoms with Gasteiger partial charge in [-0.1, -0.05) is 36.4 Å². The molecule has 25 heavy (non-hydrogen) atoms. The first-order valence-electron chi connectivity index (χ1n) is 8.30. The predicted octanol–water partition coefficient (Wildman–Crippen LogP) is 5.31. The van der Waals surface area contributed by atoms with Crippen LogP contribution in [0.15, 0.2) is 73.2 Å². The molecule has 0 amide bonds. The Labute approximate surface area is 145 Å². The third-order valence-electron chi connectivity index (χ3n) is 4.74. The van der Waals surface area contributed by atoms with Gasteiger partial charge in [0.2, 0.25) is 0 Å². The highest BCUT2D eigenvalue weighted by Crippen LogP contribution is 2.35. The Bertz CT molecular complexity index is 1260. The Morgan fingerprint density at radius 2 is 1.28 bits per heavy atom. The fourth-order valence-electron chi connectivity index (χ4n) is 3.54. The van der Waals surface area contributed by atoms with Gasteiger partial charge in [0, 0.05) is 34.7 Å². The van der Waals surface area contributed by atoms with Gasteiger partial charge in [-0.15, -0.1) is 0 Å². The highest BCUT2D eigenvalue weighted by Gasteiger charge is 2.12. The summed E-state index contributed by atoms with van der Waals surface area (Å²) >= 11 is 0. The molecule has 0 N–H and O–H groups in total. The number of pyridine rings is 3. The second-order valence-electron chi connectivity index (χ2n) is 6.22. The molecule has 3 nitrogen and oxygen atoms in total. The zero-order valence-electron chi connectivity index (χ0n) is 13.8. The van der Waals surface area contributed by atoms with Crippen LogP contribution in [0, 0.1) is 6.92 Å². The molecule has 2 aromatic carbocycles. The average molecular weight is 321 g/mol. The lowest BCUT2D eigenvalue weighted by Crippen LogP contribution is -1.90. The Kier molecular flexibility index (Phi) is 3.01. The maximum Gasteiger partial charge on any atom is 0.0970 e. The number of benzene rings is 2. The summed E-state index contributed by atoms with van der Waals surface area (Å²) < 4.78 is 0. The molecule has 0 bridgehead atoms. The molecule has 3 heteroatoms. The summed E-state index contributed by atoms with van der Waals surface area (Å²) in [4.78, 5) is 13.7. The first-order chi connectivity index (χ1) is 12.3. The molecule has 0 saturated heterocycles. The smallest absolute Gasteiger partial charge is 0.0970 e. The number of aryl methyl sites for hydroxylation is 1. The van der Waals surface area contributed by atoms with Gasteiger partial charge in [0.05, 0.1) is 16.6 Å². The van der Waals surface area contributed by atoms with Crippen molar-refractivity contribution < 1.29 is 0 Å². The van der Waals surface area contributed by atoms with Crippen molar-refractivity contribution in [2.75, 3.05) is 0 Å². The molecule has 3 aromatic heterocycles. The topological polar surface area (TPSA) is 38.7 Å². The lowest BCUT2D eigenvalue weighted by molar-refractivity contribution is 1.36. The second kappa shape index (κ2) is 5.35. The van der Waals surface area contributed by atoms with Crippen LogP contribution in [0.1, 0.15) is 5.56 Å². The lowest BCUT2D eigenvalue weighted by Gasteiger charge is -2.11. The minimum absolute atomic E-state index is 0.938. The van der Waals surface area contributed by atoms with Gasteiger partial charge in [-0.05, 0) is 41.8 Å². The molecule has 0 aliphatic heterocycles. The summed E-state index contributed by atoms with van der Waals surface area (Å²) in [5.74, 6) is 0. The standard InChI is InChI=1S/C22H15N3/c1-14-6-8-16(18-5-3-12-23-20(14)18)17-10-13-25-22-19(17)9-7-15-4-2-11-24-21(15)22/h2-13H,1H3. The summed E-state index contributed by atoms with van der Waals surface area (Å²) in [5, 5.41) is 3.38. The normalized spacial score (nSPS) is 11.4. The van der Waals surface area contributed by atoms with Crippen LogP contribution in [0.2, 0.25) is 0 Å².